The minimum Gasteiger partial charge on any atom is -0.494 e. The van der Waals surface area contributed by atoms with E-state index in [1.807, 2.05) is 31.2 Å². The van der Waals surface area contributed by atoms with Crippen molar-refractivity contribution in [1.29, 1.82) is 5.26 Å². The largest absolute Gasteiger partial charge is 0.494 e. The van der Waals surface area contributed by atoms with Gasteiger partial charge in [-0.3, -0.25) is 0 Å². The molecule has 2 rings (SSSR count). The van der Waals surface area contributed by atoms with Crippen molar-refractivity contribution in [2.45, 2.75) is 18.9 Å². The molecular formula is C13H17N3O. The van der Waals surface area contributed by atoms with Crippen molar-refractivity contribution in [1.82, 2.24) is 0 Å². The second-order valence-electron chi connectivity index (χ2n) is 4.37. The van der Waals surface area contributed by atoms with Gasteiger partial charge in [0.1, 0.15) is 11.3 Å². The van der Waals surface area contributed by atoms with Gasteiger partial charge in [0, 0.05) is 18.8 Å². The Morgan fingerprint density at radius 2 is 2.18 bits per heavy atom. The maximum absolute atomic E-state index is 8.98. The van der Waals surface area contributed by atoms with Crippen molar-refractivity contribution in [2.24, 2.45) is 5.73 Å². The first-order valence-corrected chi connectivity index (χ1v) is 5.85. The molecule has 1 aliphatic rings. The number of hydrogen-bond donors (Lipinski definition) is 1. The molecule has 1 heterocycles. The fourth-order valence-electron chi connectivity index (χ4n) is 2.06. The van der Waals surface area contributed by atoms with Crippen LogP contribution < -0.4 is 15.4 Å². The van der Waals surface area contributed by atoms with Crippen molar-refractivity contribution in [2.75, 3.05) is 24.6 Å². The maximum Gasteiger partial charge on any atom is 0.123 e. The van der Waals surface area contributed by atoms with Crippen LogP contribution in [0.15, 0.2) is 24.3 Å². The summed E-state index contributed by atoms with van der Waals surface area (Å²) in [5.74, 6) is 0.870. The predicted molar refractivity (Wildman–Crippen MR) is 67.0 cm³/mol. The number of benzene rings is 1. The van der Waals surface area contributed by atoms with Crippen molar-refractivity contribution in [3.63, 3.8) is 0 Å². The molecule has 90 valence electrons. The Morgan fingerprint density at radius 1 is 1.47 bits per heavy atom. The zero-order chi connectivity index (χ0) is 12.3. The van der Waals surface area contributed by atoms with Crippen LogP contribution >= 0.6 is 0 Å². The summed E-state index contributed by atoms with van der Waals surface area (Å²) in [7, 11) is 0. The van der Waals surface area contributed by atoms with Crippen LogP contribution in [0.3, 0.4) is 0 Å². The van der Waals surface area contributed by atoms with E-state index in [1.165, 1.54) is 0 Å². The highest BCUT2D eigenvalue weighted by molar-refractivity contribution is 5.51. The van der Waals surface area contributed by atoms with E-state index in [2.05, 4.69) is 11.0 Å². The van der Waals surface area contributed by atoms with Crippen molar-refractivity contribution in [3.05, 3.63) is 24.3 Å². The molecule has 1 unspecified atom stereocenters. The lowest BCUT2D eigenvalue weighted by Crippen LogP contribution is -2.41. The van der Waals surface area contributed by atoms with Gasteiger partial charge in [0.25, 0.3) is 0 Å². The lowest BCUT2D eigenvalue weighted by Gasteiger charge is -2.20. The van der Waals surface area contributed by atoms with Crippen molar-refractivity contribution < 1.29 is 4.74 Å². The van der Waals surface area contributed by atoms with E-state index in [0.29, 0.717) is 13.2 Å². The highest BCUT2D eigenvalue weighted by Gasteiger charge is 2.34. The van der Waals surface area contributed by atoms with Gasteiger partial charge >= 0.3 is 0 Å². The van der Waals surface area contributed by atoms with E-state index in [1.54, 1.807) is 0 Å². The number of hydrogen-bond acceptors (Lipinski definition) is 4. The number of nitriles is 1. The second-order valence-corrected chi connectivity index (χ2v) is 4.37. The normalized spacial score (nSPS) is 23.5. The Morgan fingerprint density at radius 3 is 2.71 bits per heavy atom. The van der Waals surface area contributed by atoms with Gasteiger partial charge in [-0.15, -0.1) is 0 Å². The predicted octanol–water partition coefficient (Wildman–Crippen LogP) is 1.52. The topological polar surface area (TPSA) is 62.3 Å². The first-order valence-electron chi connectivity index (χ1n) is 5.85. The first-order chi connectivity index (χ1) is 8.17. The van der Waals surface area contributed by atoms with Gasteiger partial charge in [-0.25, -0.2) is 0 Å². The van der Waals surface area contributed by atoms with Gasteiger partial charge in [0.05, 0.1) is 12.7 Å². The zero-order valence-corrected chi connectivity index (χ0v) is 10.0. The zero-order valence-electron chi connectivity index (χ0n) is 10.0. The molecule has 17 heavy (non-hydrogen) atoms. The molecule has 1 saturated heterocycles. The van der Waals surface area contributed by atoms with Crippen LogP contribution in [-0.4, -0.2) is 25.2 Å². The molecule has 0 amide bonds. The lowest BCUT2D eigenvalue weighted by atomic mass is 10.0. The molecule has 1 aromatic carbocycles. The molecule has 0 radical (unpaired) electrons. The number of anilines is 1. The van der Waals surface area contributed by atoms with Gasteiger partial charge < -0.3 is 15.4 Å². The Labute approximate surface area is 102 Å². The Bertz CT molecular complexity index is 423. The molecule has 1 aliphatic heterocycles. The number of rotatable bonds is 3. The average Bonchev–Trinajstić information content (AvgIpc) is 2.74. The SMILES string of the molecule is CCOc1ccc(N2CCC(N)(C#N)C2)cc1. The van der Waals surface area contributed by atoms with Crippen molar-refractivity contribution in [3.8, 4) is 11.8 Å². The second kappa shape index (κ2) is 4.64. The highest BCUT2D eigenvalue weighted by atomic mass is 16.5. The van der Waals surface area contributed by atoms with Crippen LogP contribution in [0.2, 0.25) is 0 Å². The van der Waals surface area contributed by atoms with Gasteiger partial charge in [0.15, 0.2) is 0 Å². The molecule has 2 N–H and O–H groups in total. The van der Waals surface area contributed by atoms with Gasteiger partial charge in [0.2, 0.25) is 0 Å². The Kier molecular flexibility index (Phi) is 3.21. The fourth-order valence-corrected chi connectivity index (χ4v) is 2.06. The van der Waals surface area contributed by atoms with Crippen LogP contribution in [-0.2, 0) is 0 Å². The van der Waals surface area contributed by atoms with E-state index in [-0.39, 0.29) is 0 Å². The quantitative estimate of drug-likeness (QED) is 0.856. The average molecular weight is 231 g/mol. The molecule has 0 bridgehead atoms. The maximum atomic E-state index is 8.98. The lowest BCUT2D eigenvalue weighted by molar-refractivity contribution is 0.340. The minimum absolute atomic E-state index is 0.595. The molecule has 0 saturated carbocycles. The molecule has 1 fully saturated rings. The van der Waals surface area contributed by atoms with E-state index >= 15 is 0 Å². The summed E-state index contributed by atoms with van der Waals surface area (Å²) < 4.78 is 5.39. The van der Waals surface area contributed by atoms with E-state index in [9.17, 15) is 0 Å². The number of ether oxygens (including phenoxy) is 1. The molecule has 1 aromatic rings. The van der Waals surface area contributed by atoms with Crippen LogP contribution in [0, 0.1) is 11.3 Å². The molecule has 1 atom stereocenters. The Balaban J connectivity index is 2.07. The van der Waals surface area contributed by atoms with Crippen LogP contribution in [0.1, 0.15) is 13.3 Å². The molecule has 0 aliphatic carbocycles. The van der Waals surface area contributed by atoms with E-state index in [4.69, 9.17) is 15.7 Å². The van der Waals surface area contributed by atoms with Gasteiger partial charge in [-0.2, -0.15) is 5.26 Å². The van der Waals surface area contributed by atoms with Crippen molar-refractivity contribution >= 4 is 5.69 Å². The van der Waals surface area contributed by atoms with E-state index < -0.39 is 5.54 Å². The summed E-state index contributed by atoms with van der Waals surface area (Å²) in [6.45, 7) is 4.06. The molecule has 0 spiro atoms. The standard InChI is InChI=1S/C13H17N3O/c1-2-17-12-5-3-11(4-6-12)16-8-7-13(15,9-14)10-16/h3-6H,2,7-8,10,15H2,1H3. The summed E-state index contributed by atoms with van der Waals surface area (Å²) in [4.78, 5) is 2.14. The molecule has 4 nitrogen and oxygen atoms in total. The third-order valence-corrected chi connectivity index (χ3v) is 3.04. The summed E-state index contributed by atoms with van der Waals surface area (Å²) in [5, 5.41) is 8.98. The molecule has 0 aromatic heterocycles. The fraction of sp³-hybridized carbons (Fsp3) is 0.462. The molecule has 4 heteroatoms. The van der Waals surface area contributed by atoms with Crippen LogP contribution in [0.4, 0.5) is 5.69 Å². The number of nitrogens with two attached hydrogens (primary N) is 1. The third kappa shape index (κ3) is 2.51. The third-order valence-electron chi connectivity index (χ3n) is 3.04. The van der Waals surface area contributed by atoms with E-state index in [0.717, 1.165) is 24.4 Å². The summed E-state index contributed by atoms with van der Waals surface area (Å²) in [6, 6.07) is 10.1. The van der Waals surface area contributed by atoms with Gasteiger partial charge in [-0.1, -0.05) is 0 Å². The first kappa shape index (κ1) is 11.7. The summed E-state index contributed by atoms with van der Waals surface area (Å²) in [6.07, 6.45) is 0.719. The monoisotopic (exact) mass is 231 g/mol. The summed E-state index contributed by atoms with van der Waals surface area (Å²) >= 11 is 0. The molecular weight excluding hydrogens is 214 g/mol. The smallest absolute Gasteiger partial charge is 0.123 e. The summed E-state index contributed by atoms with van der Waals surface area (Å²) in [5.41, 5.74) is 6.33. The Hall–Kier alpha value is -1.73. The van der Waals surface area contributed by atoms with Gasteiger partial charge in [-0.05, 0) is 37.6 Å². The van der Waals surface area contributed by atoms with Crippen LogP contribution in [0.25, 0.3) is 0 Å². The minimum atomic E-state index is -0.696. The number of nitrogens with zero attached hydrogens (tertiary/aromatic N) is 2. The van der Waals surface area contributed by atoms with Crippen LogP contribution in [0.5, 0.6) is 5.75 Å². The highest BCUT2D eigenvalue weighted by Crippen LogP contribution is 2.26.